The summed E-state index contributed by atoms with van der Waals surface area (Å²) >= 11 is 3.53. The van der Waals surface area contributed by atoms with Crippen LogP contribution in [0, 0.1) is 5.92 Å². The average molecular weight is 359 g/mol. The molecule has 1 aromatic rings. The van der Waals surface area contributed by atoms with Gasteiger partial charge in [-0.25, -0.2) is 0 Å². The molecular formula is C16H27BrN2O2. The number of aliphatic hydroxyl groups is 1. The molecule has 0 radical (unpaired) electrons. The van der Waals surface area contributed by atoms with Crippen molar-refractivity contribution in [1.82, 2.24) is 9.78 Å². The predicted molar refractivity (Wildman–Crippen MR) is 87.3 cm³/mol. The van der Waals surface area contributed by atoms with Crippen LogP contribution in [0.25, 0.3) is 0 Å². The van der Waals surface area contributed by atoms with Crippen LogP contribution in [-0.2, 0) is 4.74 Å². The molecule has 1 aliphatic rings. The van der Waals surface area contributed by atoms with Crippen LogP contribution in [0.1, 0.15) is 70.7 Å². The third kappa shape index (κ3) is 3.88. The first-order chi connectivity index (χ1) is 10.1. The van der Waals surface area contributed by atoms with Gasteiger partial charge in [-0.05, 0) is 55.5 Å². The van der Waals surface area contributed by atoms with Crippen molar-refractivity contribution in [2.45, 2.75) is 71.1 Å². The third-order valence-corrected chi connectivity index (χ3v) is 4.95. The molecule has 1 saturated carbocycles. The number of halogens is 1. The number of rotatable bonds is 6. The van der Waals surface area contributed by atoms with E-state index >= 15 is 0 Å². The fraction of sp³-hybridized carbons (Fsp3) is 0.812. The molecule has 4 nitrogen and oxygen atoms in total. The van der Waals surface area contributed by atoms with Gasteiger partial charge in [0.15, 0.2) is 0 Å². The summed E-state index contributed by atoms with van der Waals surface area (Å²) in [6.07, 6.45) is 7.08. The molecule has 2 unspecified atom stereocenters. The Balaban J connectivity index is 2.25. The van der Waals surface area contributed by atoms with Gasteiger partial charge in [-0.15, -0.1) is 0 Å². The van der Waals surface area contributed by atoms with Gasteiger partial charge in [0, 0.05) is 12.6 Å². The molecule has 120 valence electrons. The summed E-state index contributed by atoms with van der Waals surface area (Å²) in [6.45, 7) is 6.78. The number of ether oxygens (including phenoxy) is 1. The molecule has 2 rings (SSSR count). The molecule has 0 bridgehead atoms. The predicted octanol–water partition coefficient (Wildman–Crippen LogP) is 4.25. The van der Waals surface area contributed by atoms with Gasteiger partial charge in [0.2, 0.25) is 0 Å². The molecule has 2 atom stereocenters. The van der Waals surface area contributed by atoms with Crippen molar-refractivity contribution in [3.63, 3.8) is 0 Å². The minimum absolute atomic E-state index is 0.138. The maximum absolute atomic E-state index is 10.9. The fourth-order valence-electron chi connectivity index (χ4n) is 3.33. The molecule has 0 aromatic carbocycles. The largest absolute Gasteiger partial charge is 0.384 e. The lowest BCUT2D eigenvalue weighted by atomic mass is 9.82. The van der Waals surface area contributed by atoms with Crippen LogP contribution in [-0.4, -0.2) is 27.6 Å². The molecule has 1 aliphatic carbocycles. The van der Waals surface area contributed by atoms with Crippen LogP contribution in [0.5, 0.6) is 0 Å². The second-order valence-corrected chi connectivity index (χ2v) is 7.03. The highest BCUT2D eigenvalue weighted by molar-refractivity contribution is 9.10. The number of aromatic nitrogens is 2. The molecule has 21 heavy (non-hydrogen) atoms. The highest BCUT2D eigenvalue weighted by Crippen LogP contribution is 2.37. The van der Waals surface area contributed by atoms with Crippen molar-refractivity contribution in [3.05, 3.63) is 16.4 Å². The summed E-state index contributed by atoms with van der Waals surface area (Å²) in [5.41, 5.74) is 0.842. The zero-order valence-corrected chi connectivity index (χ0v) is 14.8. The molecule has 0 amide bonds. The van der Waals surface area contributed by atoms with Gasteiger partial charge >= 0.3 is 0 Å². The van der Waals surface area contributed by atoms with E-state index in [0.29, 0.717) is 12.5 Å². The van der Waals surface area contributed by atoms with E-state index in [-0.39, 0.29) is 12.1 Å². The van der Waals surface area contributed by atoms with Crippen LogP contribution in [0.2, 0.25) is 0 Å². The summed E-state index contributed by atoms with van der Waals surface area (Å²) in [6, 6.07) is 0.217. The minimum atomic E-state index is -0.632. The number of hydrogen-bond acceptors (Lipinski definition) is 3. The Labute approximate surface area is 136 Å². The Kier molecular flexibility index (Phi) is 6.26. The lowest BCUT2D eigenvalue weighted by molar-refractivity contribution is -0.0773. The quantitative estimate of drug-likeness (QED) is 0.826. The topological polar surface area (TPSA) is 47.3 Å². The van der Waals surface area contributed by atoms with Gasteiger partial charge in [-0.3, -0.25) is 4.68 Å². The fourth-order valence-corrected chi connectivity index (χ4v) is 3.84. The van der Waals surface area contributed by atoms with E-state index < -0.39 is 6.10 Å². The van der Waals surface area contributed by atoms with Gasteiger partial charge in [-0.2, -0.15) is 5.10 Å². The standard InChI is InChI=1S/C16H27BrN2O2/c1-4-21-16(12-8-6-5-7-9-12)15(20)14-13(17)10-18-19(14)11(2)3/h10-12,15-16,20H,4-9H2,1-3H3. The lowest BCUT2D eigenvalue weighted by Gasteiger charge is -2.33. The first-order valence-electron chi connectivity index (χ1n) is 8.08. The van der Waals surface area contributed by atoms with Crippen LogP contribution < -0.4 is 0 Å². The molecule has 1 heterocycles. The van der Waals surface area contributed by atoms with E-state index in [4.69, 9.17) is 4.74 Å². The maximum atomic E-state index is 10.9. The van der Waals surface area contributed by atoms with E-state index in [9.17, 15) is 5.11 Å². The molecule has 0 saturated heterocycles. The summed E-state index contributed by atoms with van der Waals surface area (Å²) in [5.74, 6) is 0.441. The Morgan fingerprint density at radius 3 is 2.62 bits per heavy atom. The zero-order valence-electron chi connectivity index (χ0n) is 13.3. The second-order valence-electron chi connectivity index (χ2n) is 6.18. The van der Waals surface area contributed by atoms with Gasteiger partial charge in [0.05, 0.1) is 22.5 Å². The summed E-state index contributed by atoms with van der Waals surface area (Å²) in [5, 5.41) is 15.3. The van der Waals surface area contributed by atoms with E-state index in [2.05, 4.69) is 34.9 Å². The number of hydrogen-bond donors (Lipinski definition) is 1. The lowest BCUT2D eigenvalue weighted by Crippen LogP contribution is -2.34. The molecule has 1 fully saturated rings. The van der Waals surface area contributed by atoms with Crippen LogP contribution in [0.4, 0.5) is 0 Å². The highest BCUT2D eigenvalue weighted by atomic mass is 79.9. The average Bonchev–Trinajstić information content (AvgIpc) is 2.87. The van der Waals surface area contributed by atoms with Crippen molar-refractivity contribution in [1.29, 1.82) is 0 Å². The summed E-state index contributed by atoms with van der Waals surface area (Å²) < 4.78 is 8.70. The molecule has 1 aromatic heterocycles. The van der Waals surface area contributed by atoms with Crippen molar-refractivity contribution in [2.75, 3.05) is 6.61 Å². The third-order valence-electron chi connectivity index (χ3n) is 4.34. The Morgan fingerprint density at radius 2 is 2.05 bits per heavy atom. The molecule has 1 N–H and O–H groups in total. The summed E-state index contributed by atoms with van der Waals surface area (Å²) in [7, 11) is 0. The molecule has 5 heteroatoms. The van der Waals surface area contributed by atoms with E-state index in [1.165, 1.54) is 19.3 Å². The Hall–Kier alpha value is -0.390. The number of aliphatic hydroxyl groups excluding tert-OH is 1. The normalized spacial score (nSPS) is 19.9. The number of nitrogens with zero attached hydrogens (tertiary/aromatic N) is 2. The summed E-state index contributed by atoms with van der Waals surface area (Å²) in [4.78, 5) is 0. The molecule has 0 aliphatic heterocycles. The van der Waals surface area contributed by atoms with E-state index in [1.807, 2.05) is 11.6 Å². The Morgan fingerprint density at radius 1 is 1.38 bits per heavy atom. The van der Waals surface area contributed by atoms with Crippen molar-refractivity contribution in [2.24, 2.45) is 5.92 Å². The van der Waals surface area contributed by atoms with Gasteiger partial charge in [0.25, 0.3) is 0 Å². The van der Waals surface area contributed by atoms with E-state index in [0.717, 1.165) is 23.0 Å². The van der Waals surface area contributed by atoms with Gasteiger partial charge in [-0.1, -0.05) is 19.3 Å². The van der Waals surface area contributed by atoms with Crippen LogP contribution in [0.15, 0.2) is 10.7 Å². The SMILES string of the molecule is CCOC(C1CCCCC1)C(O)c1c(Br)cnn1C(C)C. The van der Waals surface area contributed by atoms with E-state index in [1.54, 1.807) is 6.20 Å². The highest BCUT2D eigenvalue weighted by Gasteiger charge is 2.34. The smallest absolute Gasteiger partial charge is 0.123 e. The van der Waals surface area contributed by atoms with Crippen molar-refractivity contribution >= 4 is 15.9 Å². The van der Waals surface area contributed by atoms with Crippen LogP contribution >= 0.6 is 15.9 Å². The first kappa shape index (κ1) is 17.0. The second kappa shape index (κ2) is 7.75. The minimum Gasteiger partial charge on any atom is -0.384 e. The molecular weight excluding hydrogens is 332 g/mol. The monoisotopic (exact) mass is 358 g/mol. The van der Waals surface area contributed by atoms with Gasteiger partial charge in [0.1, 0.15) is 6.10 Å². The maximum Gasteiger partial charge on any atom is 0.123 e. The molecule has 0 spiro atoms. The Bertz CT molecular complexity index is 441. The van der Waals surface area contributed by atoms with Gasteiger partial charge < -0.3 is 9.84 Å². The van der Waals surface area contributed by atoms with Crippen molar-refractivity contribution < 1.29 is 9.84 Å². The van der Waals surface area contributed by atoms with Crippen molar-refractivity contribution in [3.8, 4) is 0 Å². The zero-order chi connectivity index (χ0) is 15.4. The first-order valence-corrected chi connectivity index (χ1v) is 8.88. The van der Waals surface area contributed by atoms with Crippen LogP contribution in [0.3, 0.4) is 0 Å².